The second-order valence-electron chi connectivity index (χ2n) is 8.47. The van der Waals surface area contributed by atoms with Crippen LogP contribution in [-0.2, 0) is 17.9 Å². The number of rotatable bonds is 7. The largest absolute Gasteiger partial charge is 0.341 e. The van der Waals surface area contributed by atoms with Gasteiger partial charge in [0.05, 0.1) is 24.8 Å². The van der Waals surface area contributed by atoms with Gasteiger partial charge in [0.1, 0.15) is 5.70 Å². The van der Waals surface area contributed by atoms with Gasteiger partial charge in [-0.15, -0.1) is 5.11 Å². The number of benzene rings is 1. The Balaban J connectivity index is 1.20. The lowest BCUT2D eigenvalue weighted by atomic mass is 10.1. The van der Waals surface area contributed by atoms with E-state index in [1.165, 1.54) is 0 Å². The molecule has 3 aromatic rings. The van der Waals surface area contributed by atoms with Crippen molar-refractivity contribution in [1.29, 1.82) is 0 Å². The average Bonchev–Trinajstić information content (AvgIpc) is 3.57. The Labute approximate surface area is 197 Å². The highest BCUT2D eigenvalue weighted by Crippen LogP contribution is 2.22. The Kier molecular flexibility index (Phi) is 5.99. The van der Waals surface area contributed by atoms with Crippen LogP contribution in [0, 0.1) is 0 Å². The summed E-state index contributed by atoms with van der Waals surface area (Å²) >= 11 is 0. The highest BCUT2D eigenvalue weighted by Gasteiger charge is 2.21. The first-order valence-electron chi connectivity index (χ1n) is 11.3. The van der Waals surface area contributed by atoms with E-state index in [4.69, 9.17) is 0 Å². The zero-order valence-electron chi connectivity index (χ0n) is 19.1. The van der Waals surface area contributed by atoms with Crippen LogP contribution in [-0.4, -0.2) is 49.5 Å². The number of likely N-dealkylation sites (tertiary alicyclic amines) is 1. The van der Waals surface area contributed by atoms with Crippen molar-refractivity contribution < 1.29 is 4.79 Å². The molecule has 9 nitrogen and oxygen atoms in total. The second kappa shape index (κ2) is 9.38. The molecule has 1 saturated heterocycles. The molecule has 4 heterocycles. The Hall–Kier alpha value is -4.14. The number of amidine groups is 1. The Bertz CT molecular complexity index is 1340. The standard InChI is InChI=1S/C25H26N8O/c1-18(22-15-28-32(17-22)12-11-31-10-4-6-24(31)34)14-27-25-19(2)33(30-29-25)16-20-7-8-23-21(13-20)5-3-9-26-23/h3,5,7-9,13-15,17H,2,4,6,10-12,16H2,1H3/b18-14+,27-25?. The van der Waals surface area contributed by atoms with Gasteiger partial charge in [-0.25, -0.2) is 10.0 Å². The Morgan fingerprint density at radius 3 is 3.03 bits per heavy atom. The minimum atomic E-state index is 0.233. The number of hydrogen-bond acceptors (Lipinski definition) is 6. The van der Waals surface area contributed by atoms with E-state index in [2.05, 4.69) is 38.1 Å². The summed E-state index contributed by atoms with van der Waals surface area (Å²) in [4.78, 5) is 22.5. The first-order chi connectivity index (χ1) is 16.6. The van der Waals surface area contributed by atoms with Crippen molar-refractivity contribution in [3.05, 3.63) is 78.5 Å². The van der Waals surface area contributed by atoms with E-state index in [0.717, 1.165) is 40.6 Å². The van der Waals surface area contributed by atoms with Crippen molar-refractivity contribution in [2.24, 2.45) is 15.3 Å². The molecule has 0 bridgehead atoms. The minimum Gasteiger partial charge on any atom is -0.341 e. The van der Waals surface area contributed by atoms with Crippen molar-refractivity contribution in [3.8, 4) is 0 Å². The fourth-order valence-corrected chi connectivity index (χ4v) is 4.03. The summed E-state index contributed by atoms with van der Waals surface area (Å²) in [7, 11) is 0. The van der Waals surface area contributed by atoms with Crippen LogP contribution in [0.15, 0.2) is 82.7 Å². The third-order valence-electron chi connectivity index (χ3n) is 6.06. The van der Waals surface area contributed by atoms with Gasteiger partial charge < -0.3 is 4.90 Å². The monoisotopic (exact) mass is 454 g/mol. The fraction of sp³-hybridized carbons (Fsp3) is 0.280. The van der Waals surface area contributed by atoms with Crippen molar-refractivity contribution in [1.82, 2.24) is 24.7 Å². The third kappa shape index (κ3) is 4.63. The van der Waals surface area contributed by atoms with Crippen LogP contribution in [0.2, 0.25) is 0 Å². The number of carbonyl (C=O) groups excluding carboxylic acids is 1. The fourth-order valence-electron chi connectivity index (χ4n) is 4.03. The molecule has 9 heteroatoms. The predicted molar refractivity (Wildman–Crippen MR) is 130 cm³/mol. The maximum atomic E-state index is 11.8. The number of pyridine rings is 1. The van der Waals surface area contributed by atoms with Gasteiger partial charge in [0.25, 0.3) is 0 Å². The predicted octanol–water partition coefficient (Wildman–Crippen LogP) is 4.21. The molecule has 0 aliphatic carbocycles. The number of nitrogens with zero attached hydrogens (tertiary/aromatic N) is 8. The molecule has 0 radical (unpaired) electrons. The van der Waals surface area contributed by atoms with Crippen LogP contribution in [0.1, 0.15) is 30.9 Å². The van der Waals surface area contributed by atoms with E-state index in [1.54, 1.807) is 17.4 Å². The van der Waals surface area contributed by atoms with Crippen LogP contribution >= 0.6 is 0 Å². The molecule has 0 unspecified atom stereocenters. The molecule has 172 valence electrons. The SMILES string of the molecule is C=C1C(=N/C=C(\C)c2cnn(CCN3CCCC3=O)c2)N=NN1Cc1ccc2ncccc2c1. The van der Waals surface area contributed by atoms with E-state index in [-0.39, 0.29) is 5.91 Å². The van der Waals surface area contributed by atoms with Gasteiger partial charge in [-0.1, -0.05) is 23.9 Å². The lowest BCUT2D eigenvalue weighted by Crippen LogP contribution is -2.28. The van der Waals surface area contributed by atoms with E-state index in [9.17, 15) is 4.79 Å². The maximum absolute atomic E-state index is 11.8. The second-order valence-corrected chi connectivity index (χ2v) is 8.47. The molecule has 1 aromatic carbocycles. The van der Waals surface area contributed by atoms with Gasteiger partial charge in [0.15, 0.2) is 0 Å². The Morgan fingerprint density at radius 2 is 2.18 bits per heavy atom. The average molecular weight is 455 g/mol. The summed E-state index contributed by atoms with van der Waals surface area (Å²) in [6, 6.07) is 10.1. The molecule has 2 aromatic heterocycles. The van der Waals surface area contributed by atoms with Crippen LogP contribution in [0.25, 0.3) is 16.5 Å². The zero-order chi connectivity index (χ0) is 23.5. The van der Waals surface area contributed by atoms with Gasteiger partial charge in [0, 0.05) is 49.1 Å². The molecule has 1 fully saturated rings. The number of fused-ring (bicyclic) bond motifs is 1. The number of carbonyl (C=O) groups is 1. The molecule has 34 heavy (non-hydrogen) atoms. The lowest BCUT2D eigenvalue weighted by molar-refractivity contribution is -0.127. The van der Waals surface area contributed by atoms with Gasteiger partial charge in [-0.3, -0.25) is 14.5 Å². The van der Waals surface area contributed by atoms with Crippen molar-refractivity contribution >= 4 is 28.2 Å². The molecular formula is C25H26N8O. The van der Waals surface area contributed by atoms with Crippen LogP contribution in [0.5, 0.6) is 0 Å². The summed E-state index contributed by atoms with van der Waals surface area (Å²) in [6.45, 7) is 8.86. The first-order valence-corrected chi connectivity index (χ1v) is 11.3. The van der Waals surface area contributed by atoms with E-state index >= 15 is 0 Å². The maximum Gasteiger partial charge on any atom is 0.222 e. The highest BCUT2D eigenvalue weighted by molar-refractivity contribution is 5.99. The van der Waals surface area contributed by atoms with E-state index < -0.39 is 0 Å². The van der Waals surface area contributed by atoms with E-state index in [0.29, 0.717) is 37.6 Å². The summed E-state index contributed by atoms with van der Waals surface area (Å²) in [5, 5.41) is 15.7. The topological polar surface area (TPSA) is 91.3 Å². The summed E-state index contributed by atoms with van der Waals surface area (Å²) in [5.41, 5.74) is 4.64. The molecule has 2 aliphatic rings. The van der Waals surface area contributed by atoms with Gasteiger partial charge in [-0.05, 0) is 42.7 Å². The molecule has 0 spiro atoms. The first kappa shape index (κ1) is 21.7. The highest BCUT2D eigenvalue weighted by atomic mass is 16.2. The smallest absolute Gasteiger partial charge is 0.222 e. The number of aliphatic imine (C=N–C) groups is 1. The van der Waals surface area contributed by atoms with E-state index in [1.807, 2.05) is 53.2 Å². The normalized spacial score (nSPS) is 17.7. The molecule has 5 rings (SSSR count). The van der Waals surface area contributed by atoms with Crippen molar-refractivity contribution in [2.45, 2.75) is 32.9 Å². The molecule has 0 atom stereocenters. The summed E-state index contributed by atoms with van der Waals surface area (Å²) in [5.74, 6) is 0.721. The van der Waals surface area contributed by atoms with Crippen LogP contribution < -0.4 is 0 Å². The lowest BCUT2D eigenvalue weighted by Gasteiger charge is -2.14. The molecule has 0 saturated carbocycles. The molecule has 1 amide bonds. The number of hydrogen-bond donors (Lipinski definition) is 0. The quantitative estimate of drug-likeness (QED) is 0.535. The Morgan fingerprint density at radius 1 is 1.26 bits per heavy atom. The van der Waals surface area contributed by atoms with Gasteiger partial charge >= 0.3 is 0 Å². The number of amides is 1. The summed E-state index contributed by atoms with van der Waals surface area (Å²) < 4.78 is 1.86. The van der Waals surface area contributed by atoms with Crippen LogP contribution in [0.4, 0.5) is 0 Å². The van der Waals surface area contributed by atoms with Gasteiger partial charge in [0.2, 0.25) is 11.7 Å². The molecule has 0 N–H and O–H groups in total. The zero-order valence-corrected chi connectivity index (χ0v) is 19.1. The third-order valence-corrected chi connectivity index (χ3v) is 6.06. The van der Waals surface area contributed by atoms with Gasteiger partial charge in [-0.2, -0.15) is 5.10 Å². The number of allylic oxidation sites excluding steroid dienone is 1. The summed E-state index contributed by atoms with van der Waals surface area (Å²) in [6.07, 6.45) is 8.94. The molecule has 2 aliphatic heterocycles. The minimum absolute atomic E-state index is 0.233. The van der Waals surface area contributed by atoms with Crippen molar-refractivity contribution in [2.75, 3.05) is 13.1 Å². The molecular weight excluding hydrogens is 428 g/mol. The number of aromatic nitrogens is 3. The van der Waals surface area contributed by atoms with Crippen LogP contribution in [0.3, 0.4) is 0 Å². The van der Waals surface area contributed by atoms with Crippen molar-refractivity contribution in [3.63, 3.8) is 0 Å².